The van der Waals surface area contributed by atoms with Gasteiger partial charge in [-0.15, -0.1) is 0 Å². The van der Waals surface area contributed by atoms with Gasteiger partial charge in [-0.2, -0.15) is 0 Å². The molecule has 3 heterocycles. The maximum absolute atomic E-state index is 5.86. The highest BCUT2D eigenvalue weighted by molar-refractivity contribution is 6.11. The molecule has 1 unspecified atom stereocenters. The Morgan fingerprint density at radius 3 is 3.00 bits per heavy atom. The van der Waals surface area contributed by atoms with Gasteiger partial charge in [-0.25, -0.2) is 4.99 Å². The molecule has 0 spiro atoms. The van der Waals surface area contributed by atoms with Gasteiger partial charge in [-0.3, -0.25) is 5.73 Å². The SMILES string of the molecule is NC12CC(=N1)c1ccccc1N2. The molecule has 0 saturated carbocycles. The summed E-state index contributed by atoms with van der Waals surface area (Å²) in [5.41, 5.74) is 9.30. The largest absolute Gasteiger partial charge is 0.348 e. The van der Waals surface area contributed by atoms with Crippen LogP contribution in [-0.4, -0.2) is 11.5 Å². The number of rotatable bonds is 0. The molecule has 0 aromatic heterocycles. The number of hydrogen-bond donors (Lipinski definition) is 2. The van der Waals surface area contributed by atoms with Crippen molar-refractivity contribution in [2.45, 2.75) is 12.2 Å². The molecule has 2 bridgehead atoms. The number of hydrogen-bond acceptors (Lipinski definition) is 3. The van der Waals surface area contributed by atoms with Crippen molar-refractivity contribution in [1.29, 1.82) is 0 Å². The molecular weight excluding hydrogens is 150 g/mol. The lowest BCUT2D eigenvalue weighted by Gasteiger charge is -2.42. The van der Waals surface area contributed by atoms with E-state index in [1.807, 2.05) is 18.2 Å². The topological polar surface area (TPSA) is 50.4 Å². The molecule has 0 radical (unpaired) electrons. The Hall–Kier alpha value is -1.35. The molecule has 0 fully saturated rings. The summed E-state index contributed by atoms with van der Waals surface area (Å²) in [6, 6.07) is 8.12. The molecule has 60 valence electrons. The second kappa shape index (κ2) is 1.69. The van der Waals surface area contributed by atoms with Gasteiger partial charge in [-0.05, 0) is 6.07 Å². The van der Waals surface area contributed by atoms with Crippen LogP contribution in [0.25, 0.3) is 0 Å². The summed E-state index contributed by atoms with van der Waals surface area (Å²) in [5, 5.41) is 3.19. The summed E-state index contributed by atoms with van der Waals surface area (Å²) in [5.74, 6) is -0.496. The zero-order valence-corrected chi connectivity index (χ0v) is 6.54. The Kier molecular flexibility index (Phi) is 0.875. The Morgan fingerprint density at radius 1 is 1.42 bits per heavy atom. The number of nitrogens with two attached hydrogens (primary N) is 1. The van der Waals surface area contributed by atoms with Crippen molar-refractivity contribution >= 4 is 11.4 Å². The van der Waals surface area contributed by atoms with Gasteiger partial charge in [0, 0.05) is 17.7 Å². The van der Waals surface area contributed by atoms with Crippen molar-refractivity contribution in [3.05, 3.63) is 29.8 Å². The van der Waals surface area contributed by atoms with E-state index in [9.17, 15) is 0 Å². The van der Waals surface area contributed by atoms with Gasteiger partial charge in [0.2, 0.25) is 0 Å². The first-order valence-electron chi connectivity index (χ1n) is 4.02. The van der Waals surface area contributed by atoms with E-state index < -0.39 is 5.79 Å². The van der Waals surface area contributed by atoms with Crippen LogP contribution in [0.3, 0.4) is 0 Å². The summed E-state index contributed by atoms with van der Waals surface area (Å²) in [4.78, 5) is 4.28. The van der Waals surface area contributed by atoms with E-state index in [1.165, 1.54) is 5.56 Å². The number of para-hydroxylation sites is 1. The van der Waals surface area contributed by atoms with Crippen LogP contribution < -0.4 is 11.1 Å². The summed E-state index contributed by atoms with van der Waals surface area (Å²) in [6.07, 6.45) is 0.851. The highest BCUT2D eigenvalue weighted by Gasteiger charge is 2.40. The van der Waals surface area contributed by atoms with Gasteiger partial charge in [-0.1, -0.05) is 18.2 Å². The summed E-state index contributed by atoms with van der Waals surface area (Å²) in [7, 11) is 0. The van der Waals surface area contributed by atoms with E-state index >= 15 is 0 Å². The molecule has 3 heteroatoms. The van der Waals surface area contributed by atoms with Crippen molar-refractivity contribution in [1.82, 2.24) is 0 Å². The smallest absolute Gasteiger partial charge is 0.188 e. The van der Waals surface area contributed by atoms with Crippen LogP contribution in [-0.2, 0) is 0 Å². The maximum Gasteiger partial charge on any atom is 0.188 e. The van der Waals surface area contributed by atoms with Crippen molar-refractivity contribution in [2.24, 2.45) is 10.7 Å². The lowest BCUT2D eigenvalue weighted by molar-refractivity contribution is 0.476. The molecule has 3 N–H and O–H groups in total. The van der Waals surface area contributed by atoms with Gasteiger partial charge in [0.15, 0.2) is 5.79 Å². The second-order valence-corrected chi connectivity index (χ2v) is 3.33. The third-order valence-electron chi connectivity index (χ3n) is 2.36. The van der Waals surface area contributed by atoms with E-state index in [4.69, 9.17) is 5.73 Å². The number of nitrogens with one attached hydrogen (secondary N) is 1. The Labute approximate surface area is 70.3 Å². The standard InChI is InChI=1S/C9H9N3/c10-9-5-8(12-9)6-3-1-2-4-7(6)11-9/h1-4,11H,5,10H2. The Balaban J connectivity index is 2.22. The fourth-order valence-electron chi connectivity index (χ4n) is 1.79. The van der Waals surface area contributed by atoms with E-state index in [2.05, 4.69) is 16.4 Å². The minimum absolute atomic E-state index is 0.496. The average molecular weight is 159 g/mol. The number of aliphatic imine (C=N–C) groups is 1. The first-order chi connectivity index (χ1) is 5.77. The van der Waals surface area contributed by atoms with Crippen LogP contribution in [0.1, 0.15) is 12.0 Å². The minimum Gasteiger partial charge on any atom is -0.348 e. The molecule has 4 rings (SSSR count). The lowest BCUT2D eigenvalue weighted by atomic mass is 9.91. The number of nitrogens with zero attached hydrogens (tertiary/aromatic N) is 1. The van der Waals surface area contributed by atoms with Crippen molar-refractivity contribution in [2.75, 3.05) is 5.32 Å². The molecular formula is C9H9N3. The monoisotopic (exact) mass is 159 g/mol. The van der Waals surface area contributed by atoms with Crippen LogP contribution in [0.4, 0.5) is 5.69 Å². The fourth-order valence-corrected chi connectivity index (χ4v) is 1.79. The van der Waals surface area contributed by atoms with Gasteiger partial charge in [0.25, 0.3) is 0 Å². The quantitative estimate of drug-likeness (QED) is 0.591. The zero-order chi connectivity index (χ0) is 8.18. The second-order valence-electron chi connectivity index (χ2n) is 3.33. The van der Waals surface area contributed by atoms with Crippen molar-refractivity contribution in [3.8, 4) is 0 Å². The zero-order valence-electron chi connectivity index (χ0n) is 6.54. The lowest BCUT2D eigenvalue weighted by Crippen LogP contribution is -2.57. The van der Waals surface area contributed by atoms with Crippen LogP contribution in [0.2, 0.25) is 0 Å². The molecule has 3 aliphatic heterocycles. The molecule has 0 aliphatic carbocycles. The third kappa shape index (κ3) is 0.617. The van der Waals surface area contributed by atoms with Crippen molar-refractivity contribution < 1.29 is 0 Å². The highest BCUT2D eigenvalue weighted by atomic mass is 15.3. The van der Waals surface area contributed by atoms with Crippen molar-refractivity contribution in [3.63, 3.8) is 0 Å². The summed E-state index contributed by atoms with van der Waals surface area (Å²) < 4.78 is 0. The van der Waals surface area contributed by atoms with E-state index in [0.717, 1.165) is 17.8 Å². The fraction of sp³-hybridized carbons (Fsp3) is 0.222. The molecule has 1 aromatic rings. The van der Waals surface area contributed by atoms with E-state index in [-0.39, 0.29) is 0 Å². The minimum atomic E-state index is -0.496. The molecule has 1 aromatic carbocycles. The van der Waals surface area contributed by atoms with Crippen LogP contribution in [0, 0.1) is 0 Å². The molecule has 12 heavy (non-hydrogen) atoms. The van der Waals surface area contributed by atoms with E-state index in [0.29, 0.717) is 0 Å². The average Bonchev–Trinajstić information content (AvgIpc) is 2.02. The number of benzene rings is 1. The molecule has 0 saturated heterocycles. The van der Waals surface area contributed by atoms with E-state index in [1.54, 1.807) is 0 Å². The van der Waals surface area contributed by atoms with Gasteiger partial charge in [0.05, 0.1) is 5.71 Å². The van der Waals surface area contributed by atoms with Gasteiger partial charge < -0.3 is 5.32 Å². The van der Waals surface area contributed by atoms with Gasteiger partial charge >= 0.3 is 0 Å². The Morgan fingerprint density at radius 2 is 2.17 bits per heavy atom. The van der Waals surface area contributed by atoms with Crippen LogP contribution in [0.15, 0.2) is 29.3 Å². The predicted octanol–water partition coefficient (Wildman–Crippen LogP) is 0.917. The van der Waals surface area contributed by atoms with Crippen LogP contribution >= 0.6 is 0 Å². The molecule has 3 nitrogen and oxygen atoms in total. The van der Waals surface area contributed by atoms with Gasteiger partial charge in [0.1, 0.15) is 0 Å². The maximum atomic E-state index is 5.86. The summed E-state index contributed by atoms with van der Waals surface area (Å²) in [6.45, 7) is 0. The molecule has 3 aliphatic rings. The molecule has 1 atom stereocenters. The highest BCUT2D eigenvalue weighted by Crippen LogP contribution is 2.36. The third-order valence-corrected chi connectivity index (χ3v) is 2.36. The number of anilines is 1. The first kappa shape index (κ1) is 6.20. The first-order valence-corrected chi connectivity index (χ1v) is 4.02. The normalized spacial score (nSPS) is 29.6. The summed E-state index contributed by atoms with van der Waals surface area (Å²) >= 11 is 0. The van der Waals surface area contributed by atoms with Crippen LogP contribution in [0.5, 0.6) is 0 Å². The Bertz CT molecular complexity index is 383. The predicted molar refractivity (Wildman–Crippen MR) is 48.1 cm³/mol. The molecule has 0 amide bonds.